The highest BCUT2D eigenvalue weighted by Gasteiger charge is 2.37. The van der Waals surface area contributed by atoms with E-state index in [4.69, 9.17) is 0 Å². The summed E-state index contributed by atoms with van der Waals surface area (Å²) in [4.78, 5) is 26.7. The maximum absolute atomic E-state index is 13.1. The molecule has 2 N–H and O–H groups in total. The van der Waals surface area contributed by atoms with E-state index in [-0.39, 0.29) is 34.6 Å². The van der Waals surface area contributed by atoms with E-state index in [0.29, 0.717) is 30.8 Å². The standard InChI is InChI=1S/C24H33N3O4S2/c1-16(2)18(4)25-24(29)22(26-23(28)21-6-5-15-32-21)19-11-13-27(14-12-19)33(30,31)20-9-7-17(3)8-10-20/h5-10,15-16,18-19,22H,11-14H2,1-4H3,(H,25,29)(H,26,28)/t18-,22-/m1/s1. The summed E-state index contributed by atoms with van der Waals surface area (Å²) in [5.41, 5.74) is 0.999. The Bertz CT molecular complexity index is 1040. The van der Waals surface area contributed by atoms with Crippen molar-refractivity contribution >= 4 is 33.2 Å². The zero-order chi connectivity index (χ0) is 24.2. The summed E-state index contributed by atoms with van der Waals surface area (Å²) in [6, 6.07) is 9.59. The van der Waals surface area contributed by atoms with Gasteiger partial charge in [-0.25, -0.2) is 8.42 Å². The van der Waals surface area contributed by atoms with Crippen molar-refractivity contribution in [3.63, 3.8) is 0 Å². The largest absolute Gasteiger partial charge is 0.352 e. The number of hydrogen-bond donors (Lipinski definition) is 2. The molecule has 1 aromatic heterocycles. The van der Waals surface area contributed by atoms with Gasteiger partial charge in [0, 0.05) is 19.1 Å². The predicted molar refractivity (Wildman–Crippen MR) is 131 cm³/mol. The molecule has 1 aliphatic heterocycles. The average molecular weight is 492 g/mol. The first-order valence-electron chi connectivity index (χ1n) is 11.3. The van der Waals surface area contributed by atoms with Crippen LogP contribution in [0.5, 0.6) is 0 Å². The van der Waals surface area contributed by atoms with Crippen molar-refractivity contribution in [1.29, 1.82) is 0 Å². The average Bonchev–Trinajstić information content (AvgIpc) is 3.32. The number of sulfonamides is 1. The van der Waals surface area contributed by atoms with E-state index in [2.05, 4.69) is 10.6 Å². The lowest BCUT2D eigenvalue weighted by Gasteiger charge is -2.35. The summed E-state index contributed by atoms with van der Waals surface area (Å²) < 4.78 is 27.6. The maximum atomic E-state index is 13.1. The van der Waals surface area contributed by atoms with Crippen LogP contribution in [0.2, 0.25) is 0 Å². The van der Waals surface area contributed by atoms with Gasteiger partial charge in [-0.2, -0.15) is 4.31 Å². The molecule has 1 fully saturated rings. The minimum Gasteiger partial charge on any atom is -0.352 e. The Morgan fingerprint density at radius 1 is 1.03 bits per heavy atom. The fourth-order valence-corrected chi connectivity index (χ4v) is 5.90. The molecule has 1 aromatic carbocycles. The summed E-state index contributed by atoms with van der Waals surface area (Å²) in [6.07, 6.45) is 0.980. The van der Waals surface area contributed by atoms with Crippen LogP contribution >= 0.6 is 11.3 Å². The van der Waals surface area contributed by atoms with Gasteiger partial charge in [-0.3, -0.25) is 9.59 Å². The van der Waals surface area contributed by atoms with Crippen molar-refractivity contribution < 1.29 is 18.0 Å². The molecule has 2 heterocycles. The van der Waals surface area contributed by atoms with Gasteiger partial charge in [-0.15, -0.1) is 11.3 Å². The van der Waals surface area contributed by atoms with Crippen LogP contribution in [0.3, 0.4) is 0 Å². The van der Waals surface area contributed by atoms with E-state index in [1.165, 1.54) is 15.6 Å². The molecule has 3 rings (SSSR count). The Labute approximate surface area is 200 Å². The second kappa shape index (κ2) is 10.8. The minimum atomic E-state index is -3.59. The topological polar surface area (TPSA) is 95.6 Å². The lowest BCUT2D eigenvalue weighted by molar-refractivity contribution is -0.125. The van der Waals surface area contributed by atoms with Gasteiger partial charge in [0.1, 0.15) is 6.04 Å². The summed E-state index contributed by atoms with van der Waals surface area (Å²) in [5.74, 6) is -0.403. The zero-order valence-corrected chi connectivity index (χ0v) is 21.2. The van der Waals surface area contributed by atoms with Gasteiger partial charge in [-0.1, -0.05) is 37.6 Å². The first-order chi connectivity index (χ1) is 15.6. The van der Waals surface area contributed by atoms with Crippen LogP contribution in [0.4, 0.5) is 0 Å². The van der Waals surface area contributed by atoms with Crippen LogP contribution in [-0.4, -0.2) is 49.7 Å². The van der Waals surface area contributed by atoms with Gasteiger partial charge in [0.25, 0.3) is 5.91 Å². The van der Waals surface area contributed by atoms with Crippen molar-refractivity contribution in [2.45, 2.75) is 57.5 Å². The molecule has 0 unspecified atom stereocenters. The third-order valence-corrected chi connectivity index (χ3v) is 9.09. The van der Waals surface area contributed by atoms with Crippen molar-refractivity contribution in [3.8, 4) is 0 Å². The summed E-state index contributed by atoms with van der Waals surface area (Å²) >= 11 is 1.32. The number of rotatable bonds is 8. The van der Waals surface area contributed by atoms with E-state index in [1.54, 1.807) is 36.4 Å². The van der Waals surface area contributed by atoms with Crippen LogP contribution in [0.15, 0.2) is 46.7 Å². The first-order valence-corrected chi connectivity index (χ1v) is 13.6. The van der Waals surface area contributed by atoms with Crippen molar-refractivity contribution in [3.05, 3.63) is 52.2 Å². The fourth-order valence-electron chi connectivity index (χ4n) is 3.81. The second-order valence-electron chi connectivity index (χ2n) is 9.02. The smallest absolute Gasteiger partial charge is 0.262 e. The molecule has 2 amide bonds. The van der Waals surface area contributed by atoms with Crippen LogP contribution in [0.1, 0.15) is 48.8 Å². The molecule has 9 heteroatoms. The Balaban J connectivity index is 1.72. The van der Waals surface area contributed by atoms with Crippen molar-refractivity contribution in [2.24, 2.45) is 11.8 Å². The van der Waals surface area contributed by atoms with Gasteiger partial charge in [0.05, 0.1) is 9.77 Å². The minimum absolute atomic E-state index is 0.0411. The number of carbonyl (C=O) groups excluding carboxylic acids is 2. The number of amides is 2. The molecule has 180 valence electrons. The number of nitrogens with one attached hydrogen (secondary N) is 2. The Morgan fingerprint density at radius 3 is 2.21 bits per heavy atom. The third kappa shape index (κ3) is 6.22. The second-order valence-corrected chi connectivity index (χ2v) is 11.9. The van der Waals surface area contributed by atoms with Gasteiger partial charge in [-0.05, 0) is 62.1 Å². The molecule has 1 aliphatic rings. The molecule has 1 saturated heterocycles. The van der Waals surface area contributed by atoms with Crippen LogP contribution in [-0.2, 0) is 14.8 Å². The van der Waals surface area contributed by atoms with Gasteiger partial charge < -0.3 is 10.6 Å². The fraction of sp³-hybridized carbons (Fsp3) is 0.500. The number of hydrogen-bond acceptors (Lipinski definition) is 5. The molecule has 0 radical (unpaired) electrons. The number of benzene rings is 1. The monoisotopic (exact) mass is 491 g/mol. The lowest BCUT2D eigenvalue weighted by atomic mass is 9.89. The summed E-state index contributed by atoms with van der Waals surface area (Å²) in [5, 5.41) is 7.75. The van der Waals surface area contributed by atoms with Crippen molar-refractivity contribution in [1.82, 2.24) is 14.9 Å². The van der Waals surface area contributed by atoms with Gasteiger partial charge in [0.15, 0.2) is 0 Å². The molecule has 0 aliphatic carbocycles. The Morgan fingerprint density at radius 2 is 1.67 bits per heavy atom. The molecular weight excluding hydrogens is 458 g/mol. The highest BCUT2D eigenvalue weighted by molar-refractivity contribution is 7.89. The number of aryl methyl sites for hydroxylation is 1. The maximum Gasteiger partial charge on any atom is 0.262 e. The quantitative estimate of drug-likeness (QED) is 0.592. The van der Waals surface area contributed by atoms with E-state index in [1.807, 2.05) is 33.1 Å². The van der Waals surface area contributed by atoms with Crippen LogP contribution in [0.25, 0.3) is 0 Å². The third-order valence-electron chi connectivity index (χ3n) is 6.31. The first kappa shape index (κ1) is 25.4. The van der Waals surface area contributed by atoms with E-state index >= 15 is 0 Å². The molecule has 2 atom stereocenters. The molecule has 0 bridgehead atoms. The Hall–Kier alpha value is -2.23. The van der Waals surface area contributed by atoms with Gasteiger partial charge in [0.2, 0.25) is 15.9 Å². The normalized spacial score (nSPS) is 17.5. The number of nitrogens with zero attached hydrogens (tertiary/aromatic N) is 1. The predicted octanol–water partition coefficient (Wildman–Crippen LogP) is 3.42. The van der Waals surface area contributed by atoms with E-state index in [0.717, 1.165) is 5.56 Å². The molecule has 2 aromatic rings. The molecule has 0 saturated carbocycles. The molecule has 0 spiro atoms. The molecule has 7 nitrogen and oxygen atoms in total. The van der Waals surface area contributed by atoms with E-state index in [9.17, 15) is 18.0 Å². The molecular formula is C24H33N3O4S2. The number of carbonyl (C=O) groups is 2. The summed E-state index contributed by atoms with van der Waals surface area (Å²) in [6.45, 7) is 8.52. The van der Waals surface area contributed by atoms with Crippen molar-refractivity contribution in [2.75, 3.05) is 13.1 Å². The Kier molecular flexibility index (Phi) is 8.31. The van der Waals surface area contributed by atoms with Gasteiger partial charge >= 0.3 is 0 Å². The molecule has 33 heavy (non-hydrogen) atoms. The highest BCUT2D eigenvalue weighted by Crippen LogP contribution is 2.27. The highest BCUT2D eigenvalue weighted by atomic mass is 32.2. The lowest BCUT2D eigenvalue weighted by Crippen LogP contribution is -2.55. The summed E-state index contributed by atoms with van der Waals surface area (Å²) in [7, 11) is -3.59. The zero-order valence-electron chi connectivity index (χ0n) is 19.6. The van der Waals surface area contributed by atoms with Crippen LogP contribution in [0, 0.1) is 18.8 Å². The number of thiophene rings is 1. The van der Waals surface area contributed by atoms with Crippen LogP contribution < -0.4 is 10.6 Å². The van der Waals surface area contributed by atoms with E-state index < -0.39 is 16.1 Å². The number of piperidine rings is 1. The SMILES string of the molecule is Cc1ccc(S(=O)(=O)N2CCC([C@@H](NC(=O)c3cccs3)C(=O)N[C@H](C)C(C)C)CC2)cc1.